The fourth-order valence-corrected chi connectivity index (χ4v) is 4.76. The van der Waals surface area contributed by atoms with Gasteiger partial charge in [0.05, 0.1) is 13.4 Å². The topological polar surface area (TPSA) is 93.8 Å². The average molecular weight is 490 g/mol. The number of carbonyl (C=O) groups excluding carboxylic acids is 1. The third-order valence-corrected chi connectivity index (χ3v) is 7.00. The van der Waals surface area contributed by atoms with Crippen LogP contribution in [0.2, 0.25) is 10.0 Å². The minimum atomic E-state index is -1.19. The lowest BCUT2D eigenvalue weighted by molar-refractivity contribution is -0.142. The monoisotopic (exact) mass is 489 g/mol. The number of ether oxygens (including phenoxy) is 1. The van der Waals surface area contributed by atoms with Crippen molar-refractivity contribution in [2.24, 2.45) is 4.99 Å². The Hall–Kier alpha value is -1.68. The quantitative estimate of drug-likeness (QED) is 0.250. The van der Waals surface area contributed by atoms with Crippen LogP contribution in [0.15, 0.2) is 35.7 Å². The molecule has 0 aliphatic carbocycles. The van der Waals surface area contributed by atoms with Crippen LogP contribution in [-0.4, -0.2) is 50.0 Å². The molecule has 1 aromatic carbocycles. The van der Waals surface area contributed by atoms with E-state index in [0.717, 1.165) is 16.4 Å². The number of methoxy groups -OCH3 is 1. The molecule has 0 saturated heterocycles. The Bertz CT molecular complexity index is 914. The summed E-state index contributed by atoms with van der Waals surface area (Å²) in [6.45, 7) is 4.31. The Morgan fingerprint density at radius 2 is 1.93 bits per heavy atom. The summed E-state index contributed by atoms with van der Waals surface area (Å²) in [6.07, 6.45) is 3.35. The molecule has 0 saturated carbocycles. The number of aromatic nitrogens is 2. The van der Waals surface area contributed by atoms with Crippen molar-refractivity contribution in [3.8, 4) is 0 Å². The Kier molecular flexibility index (Phi) is 9.54. The first-order valence-electron chi connectivity index (χ1n) is 8.85. The summed E-state index contributed by atoms with van der Waals surface area (Å²) in [6, 6.07) is 4.20. The highest BCUT2D eigenvalue weighted by Gasteiger charge is 2.24. The summed E-state index contributed by atoms with van der Waals surface area (Å²) in [4.78, 5) is 32.2. The first-order valence-corrected chi connectivity index (χ1v) is 11.8. The van der Waals surface area contributed by atoms with Crippen LogP contribution >= 0.6 is 44.8 Å². The number of hydrogen-bond donors (Lipinski definition) is 1. The maximum absolute atomic E-state index is 12.3. The van der Waals surface area contributed by atoms with Crippen molar-refractivity contribution in [3.63, 3.8) is 0 Å². The normalized spacial score (nSPS) is 12.8. The van der Waals surface area contributed by atoms with Crippen LogP contribution in [0.3, 0.4) is 0 Å². The number of halogens is 2. The fraction of sp³-hybridized carbons (Fsp3) is 0.368. The third kappa shape index (κ3) is 7.54. The molecule has 2 aromatic rings. The summed E-state index contributed by atoms with van der Waals surface area (Å²) in [5.41, 5.74) is 1.55. The van der Waals surface area contributed by atoms with Gasteiger partial charge in [-0.3, -0.25) is 4.99 Å². The SMILES string of the molecule is COC(=O)C(Cc1cncn1Cc1cc(Cl)cc(Cl)c1)N=C(SSC(C)C)C(=O)O. The van der Waals surface area contributed by atoms with Crippen LogP contribution in [0.25, 0.3) is 0 Å². The van der Waals surface area contributed by atoms with Crippen molar-refractivity contribution in [1.29, 1.82) is 0 Å². The molecule has 0 aliphatic rings. The molecular formula is C19H21Cl2N3O4S2. The largest absolute Gasteiger partial charge is 0.476 e. The molecular weight excluding hydrogens is 469 g/mol. The van der Waals surface area contributed by atoms with E-state index in [1.807, 2.05) is 18.4 Å². The molecule has 0 spiro atoms. The highest BCUT2D eigenvalue weighted by molar-refractivity contribution is 8.82. The molecule has 162 valence electrons. The Morgan fingerprint density at radius 1 is 1.27 bits per heavy atom. The van der Waals surface area contributed by atoms with Gasteiger partial charge in [-0.25, -0.2) is 14.6 Å². The van der Waals surface area contributed by atoms with Gasteiger partial charge in [0.25, 0.3) is 0 Å². The minimum absolute atomic E-state index is 0.130. The number of aliphatic imine (C=N–C) groups is 1. The maximum Gasteiger partial charge on any atom is 0.361 e. The second kappa shape index (κ2) is 11.6. The van der Waals surface area contributed by atoms with Crippen LogP contribution < -0.4 is 0 Å². The molecule has 30 heavy (non-hydrogen) atoms. The highest BCUT2D eigenvalue weighted by atomic mass is 35.5. The average Bonchev–Trinajstić information content (AvgIpc) is 3.08. The molecule has 1 unspecified atom stereocenters. The molecule has 1 N–H and O–H groups in total. The first-order chi connectivity index (χ1) is 14.2. The number of carboxylic acid groups (broad SMARTS) is 1. The van der Waals surface area contributed by atoms with Gasteiger partial charge in [-0.15, -0.1) is 0 Å². The van der Waals surface area contributed by atoms with Gasteiger partial charge in [0.15, 0.2) is 11.1 Å². The van der Waals surface area contributed by atoms with Crippen molar-refractivity contribution in [3.05, 3.63) is 52.0 Å². The minimum Gasteiger partial charge on any atom is -0.476 e. The number of carboxylic acids is 1. The first kappa shape index (κ1) is 24.6. The molecule has 11 heteroatoms. The van der Waals surface area contributed by atoms with E-state index in [9.17, 15) is 14.7 Å². The summed E-state index contributed by atoms with van der Waals surface area (Å²) < 4.78 is 6.66. The molecule has 0 amide bonds. The van der Waals surface area contributed by atoms with E-state index in [1.54, 1.807) is 30.7 Å². The van der Waals surface area contributed by atoms with E-state index < -0.39 is 18.0 Å². The van der Waals surface area contributed by atoms with Gasteiger partial charge in [-0.1, -0.05) is 47.8 Å². The predicted octanol–water partition coefficient (Wildman–Crippen LogP) is 4.60. The van der Waals surface area contributed by atoms with E-state index in [-0.39, 0.29) is 16.7 Å². The van der Waals surface area contributed by atoms with Gasteiger partial charge in [0.1, 0.15) is 0 Å². The number of carbonyl (C=O) groups is 2. The second-order valence-corrected chi connectivity index (χ2v) is 10.1. The number of imidazole rings is 1. The van der Waals surface area contributed by atoms with E-state index in [1.165, 1.54) is 17.9 Å². The lowest BCUT2D eigenvalue weighted by Gasteiger charge is -2.14. The molecule has 1 atom stereocenters. The molecule has 0 bridgehead atoms. The van der Waals surface area contributed by atoms with E-state index in [0.29, 0.717) is 22.3 Å². The molecule has 2 rings (SSSR count). The Morgan fingerprint density at radius 3 is 2.50 bits per heavy atom. The van der Waals surface area contributed by atoms with Gasteiger partial charge in [0.2, 0.25) is 0 Å². The molecule has 1 heterocycles. The predicted molar refractivity (Wildman–Crippen MR) is 123 cm³/mol. The standard InChI is InChI=1S/C19H21Cl2N3O4S2/c1-11(2)29-30-17(18(25)26)23-16(19(27)28-3)7-15-8-22-10-24(15)9-12-4-13(20)6-14(21)5-12/h4-6,8,10-11,16H,7,9H2,1-3H3,(H,25,26). The lowest BCUT2D eigenvalue weighted by atomic mass is 10.1. The van der Waals surface area contributed by atoms with E-state index >= 15 is 0 Å². The number of nitrogens with zero attached hydrogens (tertiary/aromatic N) is 3. The summed E-state index contributed by atoms with van der Waals surface area (Å²) in [7, 11) is 3.62. The number of benzene rings is 1. The zero-order chi connectivity index (χ0) is 22.3. The summed E-state index contributed by atoms with van der Waals surface area (Å²) >= 11 is 12.1. The van der Waals surface area contributed by atoms with Gasteiger partial charge in [-0.2, -0.15) is 0 Å². The molecule has 0 aliphatic heterocycles. The van der Waals surface area contributed by atoms with Crippen molar-refractivity contribution >= 4 is 61.8 Å². The van der Waals surface area contributed by atoms with Crippen LogP contribution in [0.5, 0.6) is 0 Å². The van der Waals surface area contributed by atoms with Crippen LogP contribution in [-0.2, 0) is 27.3 Å². The van der Waals surface area contributed by atoms with Gasteiger partial charge < -0.3 is 14.4 Å². The Labute approximate surface area is 192 Å². The smallest absolute Gasteiger partial charge is 0.361 e. The van der Waals surface area contributed by atoms with Gasteiger partial charge in [-0.05, 0) is 34.6 Å². The molecule has 0 fully saturated rings. The maximum atomic E-state index is 12.3. The highest BCUT2D eigenvalue weighted by Crippen LogP contribution is 2.28. The van der Waals surface area contributed by atoms with E-state index in [4.69, 9.17) is 27.9 Å². The van der Waals surface area contributed by atoms with Crippen LogP contribution in [0.1, 0.15) is 25.1 Å². The Balaban J connectivity index is 2.27. The molecule has 1 aromatic heterocycles. The number of hydrogen-bond acceptors (Lipinski definition) is 7. The fourth-order valence-electron chi connectivity index (χ4n) is 2.47. The number of aliphatic carboxylic acids is 1. The van der Waals surface area contributed by atoms with Crippen LogP contribution in [0.4, 0.5) is 0 Å². The van der Waals surface area contributed by atoms with Crippen molar-refractivity contribution < 1.29 is 19.4 Å². The third-order valence-electron chi connectivity index (χ3n) is 3.73. The van der Waals surface area contributed by atoms with E-state index in [2.05, 4.69) is 9.98 Å². The lowest BCUT2D eigenvalue weighted by Crippen LogP contribution is -2.26. The number of esters is 1. The van der Waals surface area contributed by atoms with Crippen molar-refractivity contribution in [1.82, 2.24) is 9.55 Å². The van der Waals surface area contributed by atoms with Crippen molar-refractivity contribution in [2.75, 3.05) is 7.11 Å². The summed E-state index contributed by atoms with van der Waals surface area (Å²) in [5, 5.41) is 10.5. The van der Waals surface area contributed by atoms with Crippen LogP contribution in [0, 0.1) is 0 Å². The molecule has 0 radical (unpaired) electrons. The summed E-state index contributed by atoms with van der Waals surface area (Å²) in [5.74, 6) is -1.81. The van der Waals surface area contributed by atoms with Crippen molar-refractivity contribution in [2.45, 2.75) is 38.1 Å². The molecule has 7 nitrogen and oxygen atoms in total. The van der Waals surface area contributed by atoms with Gasteiger partial charge >= 0.3 is 11.9 Å². The van der Waals surface area contributed by atoms with Gasteiger partial charge in [0, 0.05) is 40.2 Å². The zero-order valence-electron chi connectivity index (χ0n) is 16.5. The second-order valence-electron chi connectivity index (χ2n) is 6.50. The number of rotatable bonds is 8. The zero-order valence-corrected chi connectivity index (χ0v) is 19.7.